The molecule has 0 aliphatic carbocycles. The van der Waals surface area contributed by atoms with Crippen molar-refractivity contribution in [2.24, 2.45) is 4.99 Å². The molecule has 0 aromatic heterocycles. The molecule has 0 saturated heterocycles. The largest absolute Gasteiger partial charge is 0.488 e. The second kappa shape index (κ2) is 4.07. The van der Waals surface area contributed by atoms with E-state index in [1.807, 2.05) is 20.8 Å². The van der Waals surface area contributed by atoms with Crippen LogP contribution in [0.1, 0.15) is 20.8 Å². The predicted octanol–water partition coefficient (Wildman–Crippen LogP) is 2.83. The minimum Gasteiger partial charge on any atom is -0.488 e. The van der Waals surface area contributed by atoms with Gasteiger partial charge in [0.05, 0.1) is 5.69 Å². The molecule has 1 aromatic carbocycles. The van der Waals surface area contributed by atoms with E-state index >= 15 is 0 Å². The summed E-state index contributed by atoms with van der Waals surface area (Å²) < 4.78 is 5.59. The number of benzene rings is 1. The van der Waals surface area contributed by atoms with Crippen LogP contribution >= 0.6 is 0 Å². The molecule has 0 radical (unpaired) electrons. The number of hydrogen-bond acceptors (Lipinski definition) is 3. The number of rotatable bonds is 2. The van der Waals surface area contributed by atoms with Crippen LogP contribution < -0.4 is 4.74 Å². The summed E-state index contributed by atoms with van der Waals surface area (Å²) in [5.41, 5.74) is 0.372. The van der Waals surface area contributed by atoms with Crippen molar-refractivity contribution < 1.29 is 9.53 Å². The van der Waals surface area contributed by atoms with E-state index in [-0.39, 0.29) is 5.60 Å². The van der Waals surface area contributed by atoms with E-state index in [0.717, 1.165) is 5.75 Å². The summed E-state index contributed by atoms with van der Waals surface area (Å²) in [6, 6.07) is 6.99. The zero-order valence-electron chi connectivity index (χ0n) is 8.57. The first-order chi connectivity index (χ1) is 6.51. The minimum absolute atomic E-state index is 0.213. The average molecular weight is 191 g/mol. The molecule has 14 heavy (non-hydrogen) atoms. The summed E-state index contributed by atoms with van der Waals surface area (Å²) in [6.07, 6.45) is 1.49. The Kier molecular flexibility index (Phi) is 3.05. The molecule has 74 valence electrons. The molecule has 0 heterocycles. The van der Waals surface area contributed by atoms with E-state index in [0.29, 0.717) is 5.69 Å². The van der Waals surface area contributed by atoms with Gasteiger partial charge in [-0.1, -0.05) is 0 Å². The molecule has 0 unspecified atom stereocenters. The van der Waals surface area contributed by atoms with Gasteiger partial charge in [-0.05, 0) is 45.0 Å². The summed E-state index contributed by atoms with van der Waals surface area (Å²) in [7, 11) is 0. The molecule has 0 aliphatic heterocycles. The first-order valence-electron chi connectivity index (χ1n) is 4.38. The SMILES string of the molecule is CC(C)(C)Oc1ccc(N=C=O)cc1. The van der Waals surface area contributed by atoms with E-state index in [1.165, 1.54) is 6.08 Å². The van der Waals surface area contributed by atoms with E-state index < -0.39 is 0 Å². The Morgan fingerprint density at radius 3 is 2.21 bits per heavy atom. The van der Waals surface area contributed by atoms with Gasteiger partial charge in [-0.25, -0.2) is 4.79 Å². The number of aliphatic imine (C=N–C) groups is 1. The zero-order chi connectivity index (χ0) is 10.6. The van der Waals surface area contributed by atoms with Crippen molar-refractivity contribution in [3.8, 4) is 5.75 Å². The molecule has 3 nitrogen and oxygen atoms in total. The highest BCUT2D eigenvalue weighted by Crippen LogP contribution is 2.21. The molecular weight excluding hydrogens is 178 g/mol. The molecule has 0 N–H and O–H groups in total. The maximum absolute atomic E-state index is 9.97. The van der Waals surface area contributed by atoms with Crippen LogP contribution in [-0.2, 0) is 4.79 Å². The monoisotopic (exact) mass is 191 g/mol. The van der Waals surface area contributed by atoms with Gasteiger partial charge in [0, 0.05) is 0 Å². The van der Waals surface area contributed by atoms with E-state index in [4.69, 9.17) is 4.74 Å². The third kappa shape index (κ3) is 3.42. The number of isocyanates is 1. The zero-order valence-corrected chi connectivity index (χ0v) is 8.57. The van der Waals surface area contributed by atoms with Gasteiger partial charge in [0.15, 0.2) is 0 Å². The summed E-state index contributed by atoms with van der Waals surface area (Å²) in [4.78, 5) is 13.4. The first kappa shape index (κ1) is 10.5. The topological polar surface area (TPSA) is 38.7 Å². The van der Waals surface area contributed by atoms with Crippen molar-refractivity contribution in [1.29, 1.82) is 0 Å². The fourth-order valence-corrected chi connectivity index (χ4v) is 0.995. The molecular formula is C11H13NO2. The predicted molar refractivity (Wildman–Crippen MR) is 54.6 cm³/mol. The van der Waals surface area contributed by atoms with Crippen LogP contribution in [0.2, 0.25) is 0 Å². The molecule has 0 bridgehead atoms. The molecule has 1 aromatic rings. The van der Waals surface area contributed by atoms with Gasteiger partial charge < -0.3 is 4.74 Å². The summed E-state index contributed by atoms with van der Waals surface area (Å²) in [6.45, 7) is 5.93. The van der Waals surface area contributed by atoms with Gasteiger partial charge in [-0.3, -0.25) is 0 Å². The Labute approximate surface area is 83.4 Å². The lowest BCUT2D eigenvalue weighted by atomic mass is 10.2. The molecule has 0 aliphatic rings. The Balaban J connectivity index is 2.78. The van der Waals surface area contributed by atoms with E-state index in [2.05, 4.69) is 4.99 Å². The van der Waals surface area contributed by atoms with Crippen LogP contribution in [0.5, 0.6) is 5.75 Å². The highest BCUT2D eigenvalue weighted by molar-refractivity contribution is 5.50. The van der Waals surface area contributed by atoms with Gasteiger partial charge in [0.25, 0.3) is 0 Å². The average Bonchev–Trinajstić information content (AvgIpc) is 2.06. The lowest BCUT2D eigenvalue weighted by molar-refractivity contribution is 0.131. The van der Waals surface area contributed by atoms with Crippen molar-refractivity contribution in [1.82, 2.24) is 0 Å². The van der Waals surface area contributed by atoms with Gasteiger partial charge >= 0.3 is 0 Å². The highest BCUT2D eigenvalue weighted by Gasteiger charge is 2.10. The first-order valence-corrected chi connectivity index (χ1v) is 4.38. The van der Waals surface area contributed by atoms with Gasteiger partial charge in [-0.2, -0.15) is 4.99 Å². The molecule has 0 saturated carbocycles. The van der Waals surface area contributed by atoms with Crippen molar-refractivity contribution in [3.05, 3.63) is 24.3 Å². The van der Waals surface area contributed by atoms with Crippen LogP contribution in [0.15, 0.2) is 29.3 Å². The standard InChI is InChI=1S/C11H13NO2/c1-11(2,3)14-10-6-4-9(5-7-10)12-8-13/h4-7H,1-3H3. The molecule has 0 atom stereocenters. The van der Waals surface area contributed by atoms with Gasteiger partial charge in [0.2, 0.25) is 6.08 Å². The van der Waals surface area contributed by atoms with E-state index in [1.54, 1.807) is 24.3 Å². The van der Waals surface area contributed by atoms with Crippen molar-refractivity contribution in [2.45, 2.75) is 26.4 Å². The number of hydrogen-bond donors (Lipinski definition) is 0. The molecule has 3 heteroatoms. The Morgan fingerprint density at radius 1 is 1.21 bits per heavy atom. The van der Waals surface area contributed by atoms with E-state index in [9.17, 15) is 4.79 Å². The van der Waals surface area contributed by atoms with Crippen molar-refractivity contribution >= 4 is 11.8 Å². The van der Waals surface area contributed by atoms with Crippen LogP contribution in [0.3, 0.4) is 0 Å². The second-order valence-corrected chi connectivity index (χ2v) is 3.91. The molecule has 0 amide bonds. The van der Waals surface area contributed by atoms with Gasteiger partial charge in [0.1, 0.15) is 11.4 Å². The lowest BCUT2D eigenvalue weighted by Gasteiger charge is -2.21. The highest BCUT2D eigenvalue weighted by atomic mass is 16.5. The third-order valence-electron chi connectivity index (χ3n) is 1.44. The lowest BCUT2D eigenvalue weighted by Crippen LogP contribution is -2.22. The molecule has 0 fully saturated rings. The maximum atomic E-state index is 9.97. The number of ether oxygens (including phenoxy) is 1. The molecule has 1 rings (SSSR count). The molecule has 0 spiro atoms. The number of nitrogens with zero attached hydrogens (tertiary/aromatic N) is 1. The smallest absolute Gasteiger partial charge is 0.240 e. The van der Waals surface area contributed by atoms with Crippen LogP contribution in [-0.4, -0.2) is 11.7 Å². The van der Waals surface area contributed by atoms with Gasteiger partial charge in [-0.15, -0.1) is 0 Å². The van der Waals surface area contributed by atoms with Crippen LogP contribution in [0.25, 0.3) is 0 Å². The Morgan fingerprint density at radius 2 is 1.79 bits per heavy atom. The normalized spacial score (nSPS) is 10.5. The number of carbonyl (C=O) groups excluding carboxylic acids is 1. The minimum atomic E-state index is -0.213. The Hall–Kier alpha value is -1.60. The third-order valence-corrected chi connectivity index (χ3v) is 1.44. The Bertz CT molecular complexity index is 343. The summed E-state index contributed by atoms with van der Waals surface area (Å²) in [5.74, 6) is 0.766. The fraction of sp³-hybridized carbons (Fsp3) is 0.364. The van der Waals surface area contributed by atoms with Crippen LogP contribution in [0, 0.1) is 0 Å². The van der Waals surface area contributed by atoms with Crippen LogP contribution in [0.4, 0.5) is 5.69 Å². The summed E-state index contributed by atoms with van der Waals surface area (Å²) >= 11 is 0. The van der Waals surface area contributed by atoms with Crippen molar-refractivity contribution in [2.75, 3.05) is 0 Å². The fourth-order valence-electron chi connectivity index (χ4n) is 0.995. The second-order valence-electron chi connectivity index (χ2n) is 3.91. The quantitative estimate of drug-likeness (QED) is 0.532. The van der Waals surface area contributed by atoms with Crippen molar-refractivity contribution in [3.63, 3.8) is 0 Å². The maximum Gasteiger partial charge on any atom is 0.240 e. The summed E-state index contributed by atoms with van der Waals surface area (Å²) in [5, 5.41) is 0.